The van der Waals surface area contributed by atoms with E-state index in [0.29, 0.717) is 11.9 Å². The van der Waals surface area contributed by atoms with Crippen molar-refractivity contribution in [2.45, 2.75) is 56.3 Å². The van der Waals surface area contributed by atoms with Gasteiger partial charge in [-0.3, -0.25) is 9.20 Å². The monoisotopic (exact) mass is 430 g/mol. The first-order valence-electron chi connectivity index (χ1n) is 10.2. The highest BCUT2D eigenvalue weighted by Crippen LogP contribution is 2.39. The average Bonchev–Trinajstić information content (AvgIpc) is 3.24. The third-order valence-corrected chi connectivity index (χ3v) is 7.24. The summed E-state index contributed by atoms with van der Waals surface area (Å²) in [5.41, 5.74) is 1.86. The molecule has 156 valence electrons. The van der Waals surface area contributed by atoms with Crippen molar-refractivity contribution in [1.82, 2.24) is 10.3 Å². The molecule has 0 spiro atoms. The standard InChI is InChI=1S/C22H30N4OS2/c1-4-5-13-24-22(23-2)26-17-11-12-18(20(14-17)29(3)27)19-15-25-21(28-19)16-9-7-6-8-10-16/h5,11-16H,4,6-10H2,1-3H3,(H2,23,24,26)/b13-5+. The zero-order valence-corrected chi connectivity index (χ0v) is 19.0. The summed E-state index contributed by atoms with van der Waals surface area (Å²) in [4.78, 5) is 10.8. The van der Waals surface area contributed by atoms with Crippen molar-refractivity contribution in [2.75, 3.05) is 18.6 Å². The summed E-state index contributed by atoms with van der Waals surface area (Å²) in [7, 11) is 0.623. The SMILES string of the molecule is CC/C=C/NC(=NC)Nc1ccc(-c2cnc(C3CCCCC3)s2)c(S(C)=O)c1. The topological polar surface area (TPSA) is 66.4 Å². The lowest BCUT2D eigenvalue weighted by Gasteiger charge is -2.18. The van der Waals surface area contributed by atoms with E-state index in [1.54, 1.807) is 24.6 Å². The molecule has 1 saturated carbocycles. The maximum absolute atomic E-state index is 12.5. The predicted molar refractivity (Wildman–Crippen MR) is 125 cm³/mol. The van der Waals surface area contributed by atoms with Crippen LogP contribution in [-0.2, 0) is 10.8 Å². The van der Waals surface area contributed by atoms with Gasteiger partial charge in [0, 0.05) is 41.6 Å². The van der Waals surface area contributed by atoms with Crippen LogP contribution in [0.1, 0.15) is 56.4 Å². The number of hydrogen-bond donors (Lipinski definition) is 2. The largest absolute Gasteiger partial charge is 0.333 e. The minimum absolute atomic E-state index is 0.588. The number of thiazole rings is 1. The minimum atomic E-state index is -1.11. The van der Waals surface area contributed by atoms with E-state index < -0.39 is 10.8 Å². The van der Waals surface area contributed by atoms with Crippen molar-refractivity contribution < 1.29 is 4.21 Å². The van der Waals surface area contributed by atoms with Crippen LogP contribution >= 0.6 is 11.3 Å². The van der Waals surface area contributed by atoms with Gasteiger partial charge < -0.3 is 10.6 Å². The van der Waals surface area contributed by atoms with E-state index in [0.717, 1.165) is 27.4 Å². The summed E-state index contributed by atoms with van der Waals surface area (Å²) >= 11 is 1.75. The Morgan fingerprint density at radius 2 is 2.14 bits per heavy atom. The molecule has 2 aromatic rings. The van der Waals surface area contributed by atoms with Crippen LogP contribution in [0.25, 0.3) is 10.4 Å². The Morgan fingerprint density at radius 3 is 2.83 bits per heavy atom. The van der Waals surface area contributed by atoms with E-state index in [-0.39, 0.29) is 0 Å². The highest BCUT2D eigenvalue weighted by atomic mass is 32.2. The predicted octanol–water partition coefficient (Wildman–Crippen LogP) is 5.51. The molecular weight excluding hydrogens is 400 g/mol. The van der Waals surface area contributed by atoms with Crippen molar-refractivity contribution >= 4 is 33.8 Å². The Balaban J connectivity index is 1.82. The van der Waals surface area contributed by atoms with Gasteiger partial charge in [0.2, 0.25) is 0 Å². The number of benzene rings is 1. The molecule has 0 aliphatic heterocycles. The summed E-state index contributed by atoms with van der Waals surface area (Å²) < 4.78 is 12.5. The van der Waals surface area contributed by atoms with Crippen molar-refractivity contribution in [3.8, 4) is 10.4 Å². The molecule has 0 amide bonds. The van der Waals surface area contributed by atoms with Crippen LogP contribution in [0.5, 0.6) is 0 Å². The van der Waals surface area contributed by atoms with Crippen LogP contribution < -0.4 is 10.6 Å². The zero-order chi connectivity index (χ0) is 20.6. The average molecular weight is 431 g/mol. The third kappa shape index (κ3) is 5.76. The zero-order valence-electron chi connectivity index (χ0n) is 17.4. The van der Waals surface area contributed by atoms with Crippen molar-refractivity contribution in [3.63, 3.8) is 0 Å². The van der Waals surface area contributed by atoms with Gasteiger partial charge in [0.15, 0.2) is 5.96 Å². The van der Waals surface area contributed by atoms with Gasteiger partial charge in [0.05, 0.1) is 20.7 Å². The first-order chi connectivity index (χ1) is 14.1. The Labute approximate surface area is 180 Å². The Bertz CT molecular complexity index is 898. The lowest BCUT2D eigenvalue weighted by molar-refractivity contribution is 0.442. The molecule has 29 heavy (non-hydrogen) atoms. The molecule has 1 aliphatic rings. The molecule has 3 rings (SSSR count). The number of nitrogens with zero attached hydrogens (tertiary/aromatic N) is 2. The molecule has 0 bridgehead atoms. The number of allylic oxidation sites excluding steroid dienone is 1. The maximum atomic E-state index is 12.5. The summed E-state index contributed by atoms with van der Waals surface area (Å²) in [6.45, 7) is 2.08. The number of rotatable bonds is 6. The molecule has 1 atom stereocenters. The molecular formula is C22H30N4OS2. The fraction of sp³-hybridized carbons (Fsp3) is 0.455. The van der Waals surface area contributed by atoms with E-state index in [9.17, 15) is 4.21 Å². The first-order valence-corrected chi connectivity index (χ1v) is 12.6. The first kappa shape index (κ1) is 21.7. The van der Waals surface area contributed by atoms with Crippen LogP contribution in [0, 0.1) is 0 Å². The number of hydrogen-bond acceptors (Lipinski definition) is 4. The van der Waals surface area contributed by atoms with Crippen LogP contribution in [-0.4, -0.2) is 28.5 Å². The van der Waals surface area contributed by atoms with Crippen molar-refractivity contribution in [3.05, 3.63) is 41.7 Å². The fourth-order valence-electron chi connectivity index (χ4n) is 3.54. The highest BCUT2D eigenvalue weighted by molar-refractivity contribution is 7.84. The Morgan fingerprint density at radius 1 is 1.34 bits per heavy atom. The van der Waals surface area contributed by atoms with Crippen LogP contribution in [0.2, 0.25) is 0 Å². The van der Waals surface area contributed by atoms with Gasteiger partial charge in [-0.15, -0.1) is 11.3 Å². The number of nitrogens with one attached hydrogen (secondary N) is 2. The number of aromatic nitrogens is 1. The third-order valence-electron chi connectivity index (χ3n) is 5.09. The van der Waals surface area contributed by atoms with E-state index >= 15 is 0 Å². The molecule has 0 radical (unpaired) electrons. The smallest absolute Gasteiger partial charge is 0.199 e. The van der Waals surface area contributed by atoms with Gasteiger partial charge in [-0.1, -0.05) is 38.3 Å². The molecule has 1 heterocycles. The van der Waals surface area contributed by atoms with Crippen LogP contribution in [0.3, 0.4) is 0 Å². The second kappa shape index (κ2) is 10.7. The highest BCUT2D eigenvalue weighted by Gasteiger charge is 2.20. The Kier molecular flexibility index (Phi) is 8.00. The van der Waals surface area contributed by atoms with Crippen molar-refractivity contribution in [2.24, 2.45) is 4.99 Å². The maximum Gasteiger partial charge on any atom is 0.199 e. The number of aliphatic imine (C=N–C) groups is 1. The molecule has 5 nitrogen and oxygen atoms in total. The quantitative estimate of drug-likeness (QED) is 0.469. The summed E-state index contributed by atoms with van der Waals surface area (Å²) in [5, 5.41) is 7.61. The lowest BCUT2D eigenvalue weighted by Crippen LogP contribution is -2.26. The molecule has 1 aromatic heterocycles. The van der Waals surface area contributed by atoms with E-state index in [4.69, 9.17) is 4.98 Å². The summed E-state index contributed by atoms with van der Waals surface area (Å²) in [5.74, 6) is 1.23. The number of anilines is 1. The van der Waals surface area contributed by atoms with Crippen molar-refractivity contribution in [1.29, 1.82) is 0 Å². The Hall–Kier alpha value is -1.99. The molecule has 7 heteroatoms. The molecule has 1 aromatic carbocycles. The van der Waals surface area contributed by atoms with E-state index in [1.165, 1.54) is 37.1 Å². The van der Waals surface area contributed by atoms with Crippen LogP contribution in [0.4, 0.5) is 5.69 Å². The second-order valence-electron chi connectivity index (χ2n) is 7.21. The summed E-state index contributed by atoms with van der Waals surface area (Å²) in [6.07, 6.45) is 14.9. The van der Waals surface area contributed by atoms with Gasteiger partial charge >= 0.3 is 0 Å². The summed E-state index contributed by atoms with van der Waals surface area (Å²) in [6, 6.07) is 5.98. The van der Waals surface area contributed by atoms with Gasteiger partial charge in [-0.25, -0.2) is 4.98 Å². The molecule has 1 unspecified atom stereocenters. The lowest BCUT2D eigenvalue weighted by atomic mass is 9.90. The second-order valence-corrected chi connectivity index (χ2v) is 9.63. The van der Waals surface area contributed by atoms with Crippen LogP contribution in [0.15, 0.2) is 46.6 Å². The fourth-order valence-corrected chi connectivity index (χ4v) is 5.51. The normalized spacial score (nSPS) is 16.9. The van der Waals surface area contributed by atoms with Gasteiger partial charge in [0.1, 0.15) is 0 Å². The molecule has 0 saturated heterocycles. The van der Waals surface area contributed by atoms with Gasteiger partial charge in [-0.2, -0.15) is 0 Å². The van der Waals surface area contributed by atoms with Gasteiger partial charge in [-0.05, 0) is 37.6 Å². The van der Waals surface area contributed by atoms with E-state index in [2.05, 4.69) is 22.5 Å². The van der Waals surface area contributed by atoms with E-state index in [1.807, 2.05) is 36.7 Å². The van der Waals surface area contributed by atoms with Gasteiger partial charge in [0.25, 0.3) is 0 Å². The molecule has 1 aliphatic carbocycles. The molecule has 1 fully saturated rings. The number of guanidine groups is 1. The minimum Gasteiger partial charge on any atom is -0.333 e. The molecule has 2 N–H and O–H groups in total.